The Hall–Kier alpha value is -0.980. The van der Waals surface area contributed by atoms with Gasteiger partial charge in [0.2, 0.25) is 0 Å². The maximum Gasteiger partial charge on any atom is 0.346 e. The molecule has 6 heteroatoms. The van der Waals surface area contributed by atoms with Gasteiger partial charge in [-0.15, -0.1) is 4.00 Å². The molecule has 0 saturated heterocycles. The largest absolute Gasteiger partial charge is 0.346 e. The molecule has 0 aromatic carbocycles. The lowest BCUT2D eigenvalue weighted by molar-refractivity contribution is -0.797. The molecule has 0 aliphatic carbocycles. The molecule has 15 heavy (non-hydrogen) atoms. The molecule has 1 rings (SSSR count). The van der Waals surface area contributed by atoms with Crippen LogP contribution in [0.3, 0.4) is 0 Å². The van der Waals surface area contributed by atoms with Crippen LogP contribution in [0.4, 0.5) is 0 Å². The Balaban J connectivity index is 3.14. The maximum absolute atomic E-state index is 12.1. The van der Waals surface area contributed by atoms with Gasteiger partial charge >= 0.3 is 10.0 Å². The minimum Gasteiger partial charge on any atom is -0.263 e. The van der Waals surface area contributed by atoms with Crippen molar-refractivity contribution in [3.8, 4) is 0 Å². The summed E-state index contributed by atoms with van der Waals surface area (Å²) in [4.78, 5) is 3.94. The Morgan fingerprint density at radius 2 is 2.20 bits per heavy atom. The van der Waals surface area contributed by atoms with E-state index < -0.39 is 14.0 Å². The van der Waals surface area contributed by atoms with Gasteiger partial charge in [-0.1, -0.05) is 6.92 Å². The molecular weight excluding hydrogens is 214 g/mol. The summed E-state index contributed by atoms with van der Waals surface area (Å²) in [5, 5.41) is 0. The van der Waals surface area contributed by atoms with E-state index in [0.29, 0.717) is 13.0 Å². The molecule has 1 heterocycles. The molecule has 1 unspecified atom stereocenters. The van der Waals surface area contributed by atoms with Gasteiger partial charge in [-0.05, 0) is 18.6 Å². The fourth-order valence-electron chi connectivity index (χ4n) is 1.30. The first kappa shape index (κ1) is 12.1. The van der Waals surface area contributed by atoms with Crippen LogP contribution in [-0.4, -0.2) is 31.0 Å². The second-order valence-electron chi connectivity index (χ2n) is 3.56. The first-order valence-corrected chi connectivity index (χ1v) is 6.15. The Labute approximate surface area is 90.2 Å². The smallest absolute Gasteiger partial charge is 0.263 e. The predicted octanol–water partition coefficient (Wildman–Crippen LogP) is 0.501. The molecule has 84 valence electrons. The molecule has 0 aliphatic heterocycles. The topological polar surface area (TPSA) is 73.1 Å². The van der Waals surface area contributed by atoms with Crippen LogP contribution in [-0.2, 0) is 10.0 Å². The lowest BCUT2D eigenvalue weighted by atomic mass is 10.5. The van der Waals surface area contributed by atoms with Gasteiger partial charge in [0.15, 0.2) is 0 Å². The number of aromatic nitrogens is 1. The fraction of sp³-hybridized carbons (Fsp3) is 0.444. The van der Waals surface area contributed by atoms with E-state index in [-0.39, 0.29) is 4.90 Å². The van der Waals surface area contributed by atoms with Crippen LogP contribution >= 0.6 is 0 Å². The van der Waals surface area contributed by atoms with Gasteiger partial charge in [0, 0.05) is 6.20 Å². The van der Waals surface area contributed by atoms with Gasteiger partial charge in [0.1, 0.15) is 18.5 Å². The van der Waals surface area contributed by atoms with Crippen molar-refractivity contribution in [1.82, 2.24) is 4.98 Å². The van der Waals surface area contributed by atoms with Crippen molar-refractivity contribution >= 4 is 10.0 Å². The zero-order valence-electron chi connectivity index (χ0n) is 8.92. The summed E-state index contributed by atoms with van der Waals surface area (Å²) in [6.45, 7) is 2.26. The average Bonchev–Trinajstić information content (AvgIpc) is 2.19. The highest BCUT2D eigenvalue weighted by Gasteiger charge is 2.35. The summed E-state index contributed by atoms with van der Waals surface area (Å²) in [6.07, 6.45) is 3.54. The van der Waals surface area contributed by atoms with E-state index >= 15 is 0 Å². The van der Waals surface area contributed by atoms with Crippen LogP contribution in [0.1, 0.15) is 13.3 Å². The first-order chi connectivity index (χ1) is 6.92. The Kier molecular flexibility index (Phi) is 3.43. The van der Waals surface area contributed by atoms with E-state index in [1.165, 1.54) is 25.5 Å². The molecule has 1 aromatic rings. The summed E-state index contributed by atoms with van der Waals surface area (Å²) in [7, 11) is -2.07. The van der Waals surface area contributed by atoms with Gasteiger partial charge in [-0.25, -0.2) is 0 Å². The van der Waals surface area contributed by atoms with Crippen LogP contribution in [0.5, 0.6) is 0 Å². The second kappa shape index (κ2) is 4.26. The maximum atomic E-state index is 12.1. The average molecular weight is 230 g/mol. The van der Waals surface area contributed by atoms with Crippen molar-refractivity contribution in [2.45, 2.75) is 18.2 Å². The molecule has 1 aromatic heterocycles. The summed E-state index contributed by atoms with van der Waals surface area (Å²) < 4.78 is 23.6. The minimum atomic E-state index is -3.55. The molecule has 0 amide bonds. The van der Waals surface area contributed by atoms with Crippen molar-refractivity contribution < 1.29 is 12.4 Å². The second-order valence-corrected chi connectivity index (χ2v) is 5.82. The number of hydrogen-bond acceptors (Lipinski definition) is 4. The molecule has 0 bridgehead atoms. The third kappa shape index (κ3) is 2.34. The summed E-state index contributed by atoms with van der Waals surface area (Å²) in [6, 6.07) is 3.08. The van der Waals surface area contributed by atoms with Crippen LogP contribution in [0.25, 0.3) is 0 Å². The lowest BCUT2D eigenvalue weighted by Crippen LogP contribution is -2.55. The predicted molar refractivity (Wildman–Crippen MR) is 57.0 cm³/mol. The molecule has 0 fully saturated rings. The lowest BCUT2D eigenvalue weighted by Gasteiger charge is -2.25. The molecular formula is C9H16N3O2S+. The van der Waals surface area contributed by atoms with Crippen LogP contribution < -0.4 is 5.84 Å². The Morgan fingerprint density at radius 1 is 1.53 bits per heavy atom. The van der Waals surface area contributed by atoms with Crippen molar-refractivity contribution in [3.63, 3.8) is 0 Å². The van der Waals surface area contributed by atoms with Crippen molar-refractivity contribution in [1.29, 1.82) is 0 Å². The van der Waals surface area contributed by atoms with E-state index in [4.69, 9.17) is 5.84 Å². The van der Waals surface area contributed by atoms with E-state index in [1.807, 2.05) is 6.92 Å². The molecule has 2 N–H and O–H groups in total. The fourth-order valence-corrected chi connectivity index (χ4v) is 2.65. The monoisotopic (exact) mass is 230 g/mol. The van der Waals surface area contributed by atoms with Gasteiger partial charge in [-0.2, -0.15) is 14.3 Å². The first-order valence-electron chi connectivity index (χ1n) is 4.71. The number of nitrogens with zero attached hydrogens (tertiary/aromatic N) is 2. The van der Waals surface area contributed by atoms with Crippen LogP contribution in [0.15, 0.2) is 29.4 Å². The molecule has 0 spiro atoms. The van der Waals surface area contributed by atoms with Gasteiger partial charge < -0.3 is 0 Å². The Bertz CT molecular complexity index is 414. The van der Waals surface area contributed by atoms with E-state index in [2.05, 4.69) is 4.98 Å². The van der Waals surface area contributed by atoms with E-state index in [0.717, 1.165) is 0 Å². The molecule has 0 aliphatic rings. The summed E-state index contributed by atoms with van der Waals surface area (Å²) in [5.74, 6) is 5.76. The molecule has 1 atom stereocenters. The summed E-state index contributed by atoms with van der Waals surface area (Å²) in [5.41, 5.74) is 0. The minimum absolute atomic E-state index is 0.156. The standard InChI is InChI=1S/C9H16N3O2S/c1-3-7-12(2,10)15(13,14)9-5-4-6-11-8-9/h4-6,8H,3,7,10H2,1-2H3/q+1. The van der Waals surface area contributed by atoms with Gasteiger partial charge in [0.25, 0.3) is 0 Å². The third-order valence-corrected chi connectivity index (χ3v) is 4.27. The SMILES string of the molecule is CCC[N+](C)(N)S(=O)(=O)c1cccnc1. The highest BCUT2D eigenvalue weighted by atomic mass is 32.2. The van der Waals surface area contributed by atoms with Crippen LogP contribution in [0.2, 0.25) is 0 Å². The van der Waals surface area contributed by atoms with Crippen LogP contribution in [0, 0.1) is 0 Å². The number of hydrogen-bond donors (Lipinski definition) is 1. The van der Waals surface area contributed by atoms with E-state index in [1.54, 1.807) is 6.07 Å². The number of pyridine rings is 1. The highest BCUT2D eigenvalue weighted by molar-refractivity contribution is 7.85. The summed E-state index contributed by atoms with van der Waals surface area (Å²) >= 11 is 0. The van der Waals surface area contributed by atoms with Crippen molar-refractivity contribution in [2.75, 3.05) is 13.6 Å². The van der Waals surface area contributed by atoms with Crippen molar-refractivity contribution in [3.05, 3.63) is 24.5 Å². The van der Waals surface area contributed by atoms with Gasteiger partial charge in [-0.3, -0.25) is 4.98 Å². The number of rotatable bonds is 4. The zero-order valence-corrected chi connectivity index (χ0v) is 9.74. The number of quaternary nitrogens is 1. The van der Waals surface area contributed by atoms with Crippen molar-refractivity contribution in [2.24, 2.45) is 5.84 Å². The Morgan fingerprint density at radius 3 is 2.67 bits per heavy atom. The van der Waals surface area contributed by atoms with E-state index in [9.17, 15) is 8.42 Å². The molecule has 0 saturated carbocycles. The normalized spacial score (nSPS) is 15.9. The van der Waals surface area contributed by atoms with Gasteiger partial charge in [0.05, 0.1) is 6.20 Å². The molecule has 0 radical (unpaired) electrons. The quantitative estimate of drug-likeness (QED) is 0.464. The number of sulfonamides is 1. The number of nitrogens with two attached hydrogens (primary N) is 1. The molecule has 5 nitrogen and oxygen atoms in total. The zero-order chi connectivity index (χ0) is 11.5. The third-order valence-electron chi connectivity index (χ3n) is 2.15. The highest BCUT2D eigenvalue weighted by Crippen LogP contribution is 2.16.